The molecule has 0 N–H and O–H groups in total. The van der Waals surface area contributed by atoms with Crippen molar-refractivity contribution in [1.82, 2.24) is 4.90 Å². The molecule has 1 aliphatic carbocycles. The number of furan rings is 1. The summed E-state index contributed by atoms with van der Waals surface area (Å²) in [6.45, 7) is 8.92. The molecule has 5 rings (SSSR count). The second-order valence-corrected chi connectivity index (χ2v) is 9.73. The van der Waals surface area contributed by atoms with Gasteiger partial charge in [0.2, 0.25) is 0 Å². The maximum absolute atomic E-state index is 12.8. The van der Waals surface area contributed by atoms with Gasteiger partial charge in [0, 0.05) is 32.1 Å². The van der Waals surface area contributed by atoms with Crippen molar-refractivity contribution in [3.63, 3.8) is 0 Å². The van der Waals surface area contributed by atoms with Crippen molar-refractivity contribution in [2.75, 3.05) is 24.5 Å². The van der Waals surface area contributed by atoms with Crippen molar-refractivity contribution in [1.29, 1.82) is 5.26 Å². The minimum atomic E-state index is -0.263. The lowest BCUT2D eigenvalue weighted by Crippen LogP contribution is -2.54. The maximum Gasteiger partial charge on any atom is 0.257 e. The van der Waals surface area contributed by atoms with Crippen molar-refractivity contribution in [3.8, 4) is 6.07 Å². The molecule has 0 spiro atoms. The highest BCUT2D eigenvalue weighted by atomic mass is 16.5. The molecule has 1 atom stereocenters. The first-order chi connectivity index (χ1) is 14.9. The number of nitrogens with zero attached hydrogens (tertiary/aromatic N) is 3. The van der Waals surface area contributed by atoms with Crippen LogP contribution in [0, 0.1) is 11.3 Å². The Labute approximate surface area is 183 Å². The fourth-order valence-electron chi connectivity index (χ4n) is 5.06. The van der Waals surface area contributed by atoms with Crippen molar-refractivity contribution in [2.24, 2.45) is 0 Å². The van der Waals surface area contributed by atoms with Gasteiger partial charge in [-0.15, -0.1) is 0 Å². The molecule has 31 heavy (non-hydrogen) atoms. The normalized spacial score (nSPS) is 22.7. The van der Waals surface area contributed by atoms with E-state index in [1.54, 1.807) is 6.07 Å². The van der Waals surface area contributed by atoms with E-state index in [1.807, 2.05) is 4.90 Å². The van der Waals surface area contributed by atoms with E-state index in [0.717, 1.165) is 17.7 Å². The molecule has 3 heterocycles. The Morgan fingerprint density at radius 3 is 2.71 bits per heavy atom. The predicted octanol–water partition coefficient (Wildman–Crippen LogP) is 4.23. The Balaban J connectivity index is 1.47. The Hall–Kier alpha value is -2.78. The Morgan fingerprint density at radius 2 is 2.06 bits per heavy atom. The van der Waals surface area contributed by atoms with E-state index in [4.69, 9.17) is 9.15 Å². The Bertz CT molecular complexity index is 1050. The first-order valence-electron chi connectivity index (χ1n) is 11.2. The molecule has 2 fully saturated rings. The van der Waals surface area contributed by atoms with Gasteiger partial charge < -0.3 is 19.0 Å². The van der Waals surface area contributed by atoms with Crippen molar-refractivity contribution in [3.05, 3.63) is 52.5 Å². The lowest BCUT2D eigenvalue weighted by atomic mass is 9.84. The average molecular weight is 420 g/mol. The molecule has 162 valence electrons. The number of ether oxygens (including phenoxy) is 1. The fourth-order valence-corrected chi connectivity index (χ4v) is 5.06. The van der Waals surface area contributed by atoms with Gasteiger partial charge in [-0.3, -0.25) is 4.79 Å². The third-order valence-corrected chi connectivity index (χ3v) is 6.90. The number of piperazine rings is 1. The summed E-state index contributed by atoms with van der Waals surface area (Å²) in [5.74, 6) is 0.593. The number of hydrogen-bond donors (Lipinski definition) is 0. The summed E-state index contributed by atoms with van der Waals surface area (Å²) in [5, 5.41) is 10.2. The largest absolute Gasteiger partial charge is 0.472 e. The van der Waals surface area contributed by atoms with Gasteiger partial charge in [0.25, 0.3) is 5.91 Å². The van der Waals surface area contributed by atoms with Crippen LogP contribution < -0.4 is 4.90 Å². The van der Waals surface area contributed by atoms with Crippen molar-refractivity contribution < 1.29 is 13.9 Å². The average Bonchev–Trinajstić information content (AvgIpc) is 3.44. The second-order valence-electron chi connectivity index (χ2n) is 9.73. The van der Waals surface area contributed by atoms with Crippen LogP contribution in [0.25, 0.3) is 0 Å². The van der Waals surface area contributed by atoms with E-state index in [0.29, 0.717) is 37.7 Å². The van der Waals surface area contributed by atoms with Gasteiger partial charge in [0.05, 0.1) is 35.3 Å². The number of anilines is 1. The van der Waals surface area contributed by atoms with E-state index >= 15 is 0 Å². The summed E-state index contributed by atoms with van der Waals surface area (Å²) in [4.78, 5) is 17.0. The monoisotopic (exact) mass is 419 g/mol. The van der Waals surface area contributed by atoms with E-state index in [9.17, 15) is 10.1 Å². The van der Waals surface area contributed by atoms with Crippen LogP contribution in [-0.4, -0.2) is 42.1 Å². The van der Waals surface area contributed by atoms with Crippen LogP contribution in [0.1, 0.15) is 72.1 Å². The first-order valence-corrected chi connectivity index (χ1v) is 11.2. The third kappa shape index (κ3) is 3.61. The highest BCUT2D eigenvalue weighted by Gasteiger charge is 2.37. The van der Waals surface area contributed by atoms with Gasteiger partial charge in [-0.25, -0.2) is 0 Å². The minimum Gasteiger partial charge on any atom is -0.472 e. The molecule has 2 aliphatic heterocycles. The van der Waals surface area contributed by atoms with Gasteiger partial charge >= 0.3 is 0 Å². The van der Waals surface area contributed by atoms with Gasteiger partial charge in [0.1, 0.15) is 12.3 Å². The smallest absolute Gasteiger partial charge is 0.257 e. The molecular formula is C25H29N3O3. The van der Waals surface area contributed by atoms with Crippen LogP contribution in [0.4, 0.5) is 5.69 Å². The number of amides is 1. The van der Waals surface area contributed by atoms with Crippen LogP contribution in [-0.2, 0) is 17.8 Å². The summed E-state index contributed by atoms with van der Waals surface area (Å²) in [5.41, 5.74) is 5.92. The van der Waals surface area contributed by atoms with Gasteiger partial charge in [-0.2, -0.15) is 5.26 Å². The number of rotatable bonds is 3. The Kier molecular flexibility index (Phi) is 4.82. The van der Waals surface area contributed by atoms with Gasteiger partial charge in [-0.05, 0) is 68.4 Å². The minimum absolute atomic E-state index is 0.00409. The highest BCUT2D eigenvalue weighted by Crippen LogP contribution is 2.47. The lowest BCUT2D eigenvalue weighted by molar-refractivity contribution is -0.0405. The van der Waals surface area contributed by atoms with Crippen molar-refractivity contribution in [2.45, 2.75) is 64.2 Å². The highest BCUT2D eigenvalue weighted by molar-refractivity contribution is 5.94. The second kappa shape index (κ2) is 7.42. The summed E-state index contributed by atoms with van der Waals surface area (Å²) >= 11 is 0. The van der Waals surface area contributed by atoms with Gasteiger partial charge in [-0.1, -0.05) is 0 Å². The zero-order valence-electron chi connectivity index (χ0n) is 18.5. The van der Waals surface area contributed by atoms with Gasteiger partial charge in [0.15, 0.2) is 0 Å². The lowest BCUT2D eigenvalue weighted by Gasteiger charge is -2.42. The predicted molar refractivity (Wildman–Crippen MR) is 117 cm³/mol. The fraction of sp³-hybridized carbons (Fsp3) is 0.520. The van der Waals surface area contributed by atoms with E-state index < -0.39 is 0 Å². The number of carbonyl (C=O) groups is 1. The number of fused-ring (bicyclic) bond motifs is 1. The summed E-state index contributed by atoms with van der Waals surface area (Å²) in [6, 6.07) is 6.53. The molecule has 2 aromatic rings. The molecule has 1 aromatic carbocycles. The summed E-state index contributed by atoms with van der Waals surface area (Å²) in [7, 11) is 0. The molecule has 6 heteroatoms. The quantitative estimate of drug-likeness (QED) is 0.745. The molecule has 3 aliphatic rings. The van der Waals surface area contributed by atoms with Crippen LogP contribution >= 0.6 is 0 Å². The van der Waals surface area contributed by atoms with Crippen molar-refractivity contribution >= 4 is 11.6 Å². The molecule has 0 unspecified atom stereocenters. The van der Waals surface area contributed by atoms with Crippen LogP contribution in [0.5, 0.6) is 0 Å². The molecule has 1 saturated carbocycles. The number of carbonyl (C=O) groups excluding carboxylic acids is 1. The Morgan fingerprint density at radius 1 is 1.26 bits per heavy atom. The molecule has 0 radical (unpaired) electrons. The molecule has 6 nitrogen and oxygen atoms in total. The molecule has 0 bridgehead atoms. The van der Waals surface area contributed by atoms with E-state index in [1.165, 1.54) is 42.1 Å². The standard InChI is InChI=1S/C25H29N3O3/c1-16-13-27(7-8-28(16)24(29)18-6-9-30-14-18)23-10-19(17-4-5-17)22-15-31-25(2,3)11-20(22)21(23)12-26/h6,9-10,14,16-17H,4-5,7-8,11,13,15H2,1-3H3/t16-/m1/s1. The molecular weight excluding hydrogens is 390 g/mol. The number of benzene rings is 1. The number of nitriles is 1. The SMILES string of the molecule is C[C@@H]1CN(c2cc(C3CC3)c3c(c2C#N)CC(C)(C)OC3)CCN1C(=O)c1ccoc1. The topological polar surface area (TPSA) is 69.7 Å². The third-order valence-electron chi connectivity index (χ3n) is 6.90. The van der Waals surface area contributed by atoms with Crippen LogP contribution in [0.2, 0.25) is 0 Å². The summed E-state index contributed by atoms with van der Waals surface area (Å²) in [6.07, 6.45) is 6.22. The molecule has 1 amide bonds. The molecule has 1 saturated heterocycles. The van der Waals surface area contributed by atoms with Crippen LogP contribution in [0.15, 0.2) is 29.1 Å². The van der Waals surface area contributed by atoms with E-state index in [2.05, 4.69) is 37.8 Å². The maximum atomic E-state index is 12.8. The summed E-state index contributed by atoms with van der Waals surface area (Å²) < 4.78 is 11.2. The molecule has 1 aromatic heterocycles. The zero-order valence-corrected chi connectivity index (χ0v) is 18.5. The van der Waals surface area contributed by atoms with E-state index in [-0.39, 0.29) is 17.6 Å². The number of hydrogen-bond acceptors (Lipinski definition) is 5. The van der Waals surface area contributed by atoms with Crippen LogP contribution in [0.3, 0.4) is 0 Å². The first kappa shape index (κ1) is 20.1. The zero-order chi connectivity index (χ0) is 21.8.